The Bertz CT molecular complexity index is 400. The van der Waals surface area contributed by atoms with Crippen LogP contribution in [-0.4, -0.2) is 9.48 Å². The van der Waals surface area contributed by atoms with Gasteiger partial charge < -0.3 is 5.11 Å². The smallest absolute Gasteiger partial charge is 0.124 e. The first kappa shape index (κ1) is 9.83. The van der Waals surface area contributed by atoms with Crippen molar-refractivity contribution in [2.24, 2.45) is 0 Å². The molecule has 1 atom stereocenters. The molecule has 2 aromatic heterocycles. The highest BCUT2D eigenvalue weighted by Crippen LogP contribution is 2.31. The number of thiophene rings is 1. The predicted molar refractivity (Wildman–Crippen MR) is 60.0 cm³/mol. The number of nitrogens with zero attached hydrogens (tertiary/aromatic N) is 1. The van der Waals surface area contributed by atoms with Gasteiger partial charge >= 0.3 is 0 Å². The number of aryl methyl sites for hydroxylation is 2. The van der Waals surface area contributed by atoms with Gasteiger partial charge in [-0.15, -0.1) is 11.3 Å². The van der Waals surface area contributed by atoms with Crippen LogP contribution < -0.4 is 0 Å². The van der Waals surface area contributed by atoms with Gasteiger partial charge in [-0.05, 0) is 43.1 Å². The maximum Gasteiger partial charge on any atom is 0.124 e. The van der Waals surface area contributed by atoms with E-state index in [0.717, 1.165) is 9.75 Å². The third-order valence-electron chi connectivity index (χ3n) is 2.18. The summed E-state index contributed by atoms with van der Waals surface area (Å²) in [6.45, 7) is 4.14. The van der Waals surface area contributed by atoms with Crippen molar-refractivity contribution in [3.8, 4) is 0 Å². The van der Waals surface area contributed by atoms with Gasteiger partial charge in [-0.1, -0.05) is 0 Å². The molecule has 74 valence electrons. The molecule has 1 N–H and O–H groups in total. The van der Waals surface area contributed by atoms with E-state index in [1.54, 1.807) is 17.5 Å². The Morgan fingerprint density at radius 1 is 1.36 bits per heavy atom. The molecule has 2 nitrogen and oxygen atoms in total. The fourth-order valence-electron chi connectivity index (χ4n) is 1.24. The highest BCUT2D eigenvalue weighted by Gasteiger charge is 2.14. The van der Waals surface area contributed by atoms with Crippen LogP contribution in [-0.2, 0) is 0 Å². The molecule has 2 rings (SSSR count). The van der Waals surface area contributed by atoms with Gasteiger partial charge in [0, 0.05) is 16.0 Å². The average molecular weight is 225 g/mol. The summed E-state index contributed by atoms with van der Waals surface area (Å²) in [4.78, 5) is 3.18. The molecule has 0 aromatic carbocycles. The minimum absolute atomic E-state index is 0.500. The van der Waals surface area contributed by atoms with Gasteiger partial charge in [-0.2, -0.15) is 0 Å². The summed E-state index contributed by atoms with van der Waals surface area (Å²) in [5.41, 5.74) is 1.24. The fourth-order valence-corrected chi connectivity index (χ4v) is 2.96. The molecule has 0 aliphatic heterocycles. The average Bonchev–Trinajstić information content (AvgIpc) is 2.76. The maximum absolute atomic E-state index is 10.00. The fraction of sp³-hybridized carbons (Fsp3) is 0.300. The third kappa shape index (κ3) is 1.73. The van der Waals surface area contributed by atoms with Crippen molar-refractivity contribution in [1.82, 2.24) is 4.37 Å². The van der Waals surface area contributed by atoms with Crippen LogP contribution in [0.2, 0.25) is 0 Å². The van der Waals surface area contributed by atoms with E-state index in [1.165, 1.54) is 22.0 Å². The van der Waals surface area contributed by atoms with Crippen molar-refractivity contribution >= 4 is 22.9 Å². The number of hydrogen-bond acceptors (Lipinski definition) is 4. The monoisotopic (exact) mass is 225 g/mol. The van der Waals surface area contributed by atoms with E-state index in [4.69, 9.17) is 0 Å². The van der Waals surface area contributed by atoms with Gasteiger partial charge in [0.25, 0.3) is 0 Å². The van der Waals surface area contributed by atoms with E-state index < -0.39 is 6.10 Å². The molecule has 2 aromatic rings. The Kier molecular flexibility index (Phi) is 2.67. The quantitative estimate of drug-likeness (QED) is 0.852. The predicted octanol–water partition coefficient (Wildman–Crippen LogP) is 2.90. The van der Waals surface area contributed by atoms with E-state index in [0.29, 0.717) is 0 Å². The molecule has 0 spiro atoms. The summed E-state index contributed by atoms with van der Waals surface area (Å²) in [6, 6.07) is 3.91. The molecule has 0 aliphatic carbocycles. The lowest BCUT2D eigenvalue weighted by molar-refractivity contribution is 0.228. The van der Waals surface area contributed by atoms with Crippen LogP contribution in [0.5, 0.6) is 0 Å². The Morgan fingerprint density at radius 3 is 2.64 bits per heavy atom. The van der Waals surface area contributed by atoms with Crippen LogP contribution in [0, 0.1) is 13.8 Å². The SMILES string of the molecule is Cc1cc(C(O)c2ccns2)sc1C. The first-order valence-corrected chi connectivity index (χ1v) is 5.93. The van der Waals surface area contributed by atoms with Crippen molar-refractivity contribution in [2.75, 3.05) is 0 Å². The second kappa shape index (κ2) is 3.81. The second-order valence-electron chi connectivity index (χ2n) is 3.21. The zero-order valence-electron chi connectivity index (χ0n) is 8.02. The van der Waals surface area contributed by atoms with E-state index in [-0.39, 0.29) is 0 Å². The molecule has 0 aliphatic rings. The van der Waals surface area contributed by atoms with Crippen LogP contribution in [0.1, 0.15) is 26.3 Å². The molecule has 4 heteroatoms. The van der Waals surface area contributed by atoms with E-state index in [2.05, 4.69) is 18.2 Å². The van der Waals surface area contributed by atoms with Gasteiger partial charge in [0.15, 0.2) is 0 Å². The summed E-state index contributed by atoms with van der Waals surface area (Å²) in [5, 5.41) is 10.00. The Hall–Kier alpha value is -0.710. The van der Waals surface area contributed by atoms with Crippen molar-refractivity contribution in [3.63, 3.8) is 0 Å². The van der Waals surface area contributed by atoms with Gasteiger partial charge in [-0.3, -0.25) is 0 Å². The molecule has 0 radical (unpaired) electrons. The third-order valence-corrected chi connectivity index (χ3v) is 4.18. The summed E-state index contributed by atoms with van der Waals surface area (Å²) in [6.07, 6.45) is 1.22. The topological polar surface area (TPSA) is 33.1 Å². The molecular formula is C10H11NOS2. The normalized spacial score (nSPS) is 13.1. The largest absolute Gasteiger partial charge is 0.382 e. The Labute approximate surface area is 91.0 Å². The molecule has 14 heavy (non-hydrogen) atoms. The number of aromatic nitrogens is 1. The Balaban J connectivity index is 2.32. The molecule has 0 bridgehead atoms. The van der Waals surface area contributed by atoms with Crippen LogP contribution in [0.25, 0.3) is 0 Å². The summed E-state index contributed by atoms with van der Waals surface area (Å²) >= 11 is 3.00. The van der Waals surface area contributed by atoms with Crippen LogP contribution in [0.4, 0.5) is 0 Å². The zero-order chi connectivity index (χ0) is 10.1. The standard InChI is InChI=1S/C10H11NOS2/c1-6-5-9(13-7(6)2)10(12)8-3-4-11-14-8/h3-5,10,12H,1-2H3. The lowest BCUT2D eigenvalue weighted by Crippen LogP contribution is -1.92. The highest BCUT2D eigenvalue weighted by atomic mass is 32.1. The van der Waals surface area contributed by atoms with E-state index in [9.17, 15) is 5.11 Å². The minimum Gasteiger partial charge on any atom is -0.382 e. The number of aliphatic hydroxyl groups excluding tert-OH is 1. The van der Waals surface area contributed by atoms with Crippen LogP contribution >= 0.6 is 22.9 Å². The van der Waals surface area contributed by atoms with Crippen molar-refractivity contribution in [1.29, 1.82) is 0 Å². The molecule has 0 amide bonds. The van der Waals surface area contributed by atoms with Crippen molar-refractivity contribution < 1.29 is 5.11 Å². The van der Waals surface area contributed by atoms with Crippen LogP contribution in [0.3, 0.4) is 0 Å². The van der Waals surface area contributed by atoms with Gasteiger partial charge in [-0.25, -0.2) is 4.37 Å². The van der Waals surface area contributed by atoms with Crippen molar-refractivity contribution in [2.45, 2.75) is 20.0 Å². The molecule has 0 fully saturated rings. The number of aliphatic hydroxyl groups is 1. The van der Waals surface area contributed by atoms with E-state index >= 15 is 0 Å². The van der Waals surface area contributed by atoms with Crippen LogP contribution in [0.15, 0.2) is 18.3 Å². The van der Waals surface area contributed by atoms with E-state index in [1.807, 2.05) is 12.1 Å². The summed E-state index contributed by atoms with van der Waals surface area (Å²) in [5.74, 6) is 0. The lowest BCUT2D eigenvalue weighted by Gasteiger charge is -2.03. The Morgan fingerprint density at radius 2 is 2.14 bits per heavy atom. The summed E-state index contributed by atoms with van der Waals surface area (Å²) < 4.78 is 3.98. The maximum atomic E-state index is 10.00. The molecule has 1 unspecified atom stereocenters. The lowest BCUT2D eigenvalue weighted by atomic mass is 10.2. The molecule has 0 saturated heterocycles. The first-order chi connectivity index (χ1) is 6.68. The second-order valence-corrected chi connectivity index (χ2v) is 5.36. The molecule has 2 heterocycles. The van der Waals surface area contributed by atoms with Gasteiger partial charge in [0.1, 0.15) is 6.10 Å². The molecule has 0 saturated carbocycles. The van der Waals surface area contributed by atoms with Crippen molar-refractivity contribution in [3.05, 3.63) is 38.5 Å². The van der Waals surface area contributed by atoms with Gasteiger partial charge in [0.2, 0.25) is 0 Å². The number of rotatable bonds is 2. The highest BCUT2D eigenvalue weighted by molar-refractivity contribution is 7.12. The number of hydrogen-bond donors (Lipinski definition) is 1. The zero-order valence-corrected chi connectivity index (χ0v) is 9.65. The first-order valence-electron chi connectivity index (χ1n) is 4.34. The molecular weight excluding hydrogens is 214 g/mol. The van der Waals surface area contributed by atoms with Gasteiger partial charge in [0.05, 0.1) is 4.88 Å². The summed E-state index contributed by atoms with van der Waals surface area (Å²) in [7, 11) is 0. The minimum atomic E-state index is -0.500.